The van der Waals surface area contributed by atoms with Gasteiger partial charge in [0.15, 0.2) is 0 Å². The van der Waals surface area contributed by atoms with Gasteiger partial charge in [-0.05, 0) is 41.7 Å². The topological polar surface area (TPSA) is 47.3 Å². The second kappa shape index (κ2) is 10.3. The lowest BCUT2D eigenvalue weighted by Gasteiger charge is -2.37. The number of phenolic OH excluding ortho intramolecular Hbond substituents is 1. The van der Waals surface area contributed by atoms with Gasteiger partial charge >= 0.3 is 0 Å². The molecule has 0 bridgehead atoms. The Hall–Kier alpha value is -4.31. The number of aromatic nitrogens is 2. The summed E-state index contributed by atoms with van der Waals surface area (Å²) in [4.78, 5) is 4.78. The van der Waals surface area contributed by atoms with Crippen LogP contribution in [0.25, 0.3) is 0 Å². The van der Waals surface area contributed by atoms with E-state index in [1.807, 2.05) is 12.4 Å². The number of hydrogen-bond donors (Lipinski definition) is 1. The van der Waals surface area contributed by atoms with Crippen LogP contribution in [-0.4, -0.2) is 21.3 Å². The molecule has 0 unspecified atom stereocenters. The third-order valence-electron chi connectivity index (χ3n) is 6.26. The predicted molar refractivity (Wildman–Crippen MR) is 139 cm³/mol. The highest BCUT2D eigenvalue weighted by atomic mass is 16.5. The fourth-order valence-electron chi connectivity index (χ4n) is 4.68. The van der Waals surface area contributed by atoms with Crippen LogP contribution in [0.5, 0.6) is 11.5 Å². The summed E-state index contributed by atoms with van der Waals surface area (Å²) in [5, 5.41) is 9.62. The second-order valence-corrected chi connectivity index (χ2v) is 8.53. The number of imidazole rings is 1. The third-order valence-corrected chi connectivity index (χ3v) is 6.26. The van der Waals surface area contributed by atoms with Crippen molar-refractivity contribution in [2.24, 2.45) is 0 Å². The van der Waals surface area contributed by atoms with Gasteiger partial charge in [-0.25, -0.2) is 4.98 Å². The van der Waals surface area contributed by atoms with Gasteiger partial charge in [-0.2, -0.15) is 0 Å². The zero-order chi connectivity index (χ0) is 23.9. The average Bonchev–Trinajstić information content (AvgIpc) is 3.38. The van der Waals surface area contributed by atoms with Crippen LogP contribution >= 0.6 is 0 Å². The van der Waals surface area contributed by atoms with E-state index in [1.165, 1.54) is 16.7 Å². The van der Waals surface area contributed by atoms with Crippen LogP contribution in [0.3, 0.4) is 0 Å². The summed E-state index contributed by atoms with van der Waals surface area (Å²) in [6.45, 7) is 0.553. The van der Waals surface area contributed by atoms with E-state index in [0.717, 1.165) is 18.5 Å². The van der Waals surface area contributed by atoms with Crippen molar-refractivity contribution in [3.63, 3.8) is 0 Å². The third kappa shape index (κ3) is 4.69. The van der Waals surface area contributed by atoms with Crippen LogP contribution in [0.2, 0.25) is 0 Å². The Balaban J connectivity index is 1.47. The number of hydrogen-bond acceptors (Lipinski definition) is 3. The second-order valence-electron chi connectivity index (χ2n) is 8.53. The van der Waals surface area contributed by atoms with Gasteiger partial charge in [0.25, 0.3) is 0 Å². The highest BCUT2D eigenvalue weighted by molar-refractivity contribution is 5.50. The van der Waals surface area contributed by atoms with Crippen LogP contribution in [0.15, 0.2) is 128 Å². The van der Waals surface area contributed by atoms with E-state index >= 15 is 0 Å². The molecule has 0 radical (unpaired) electrons. The van der Waals surface area contributed by atoms with Crippen LogP contribution in [-0.2, 0) is 12.0 Å². The Morgan fingerprint density at radius 1 is 0.714 bits per heavy atom. The fourth-order valence-corrected chi connectivity index (χ4v) is 4.68. The van der Waals surface area contributed by atoms with E-state index in [4.69, 9.17) is 9.72 Å². The van der Waals surface area contributed by atoms with Gasteiger partial charge in [0, 0.05) is 12.3 Å². The quantitative estimate of drug-likeness (QED) is 0.203. The van der Waals surface area contributed by atoms with Crippen molar-refractivity contribution in [1.29, 1.82) is 0 Å². The minimum Gasteiger partial charge on any atom is -0.508 e. The first-order chi connectivity index (χ1) is 17.3. The maximum Gasteiger partial charge on any atom is 0.122 e. The molecular weight excluding hydrogens is 432 g/mol. The molecule has 0 aliphatic rings. The first kappa shape index (κ1) is 22.5. The number of benzene rings is 4. The molecule has 0 saturated carbocycles. The van der Waals surface area contributed by atoms with Gasteiger partial charge in [-0.1, -0.05) is 97.1 Å². The molecule has 0 amide bonds. The van der Waals surface area contributed by atoms with Crippen molar-refractivity contribution in [3.05, 3.63) is 150 Å². The summed E-state index contributed by atoms with van der Waals surface area (Å²) in [6.07, 6.45) is 5.71. The monoisotopic (exact) mass is 460 g/mol. The van der Waals surface area contributed by atoms with Crippen molar-refractivity contribution in [3.8, 4) is 11.5 Å². The van der Waals surface area contributed by atoms with Crippen molar-refractivity contribution in [2.75, 3.05) is 6.61 Å². The smallest absolute Gasteiger partial charge is 0.122 e. The molecule has 1 aromatic heterocycles. The lowest BCUT2D eigenvalue weighted by molar-refractivity contribution is 0.309. The summed E-state index contributed by atoms with van der Waals surface area (Å²) in [5.41, 5.74) is 3.99. The lowest BCUT2D eigenvalue weighted by Crippen LogP contribution is -2.36. The summed E-state index contributed by atoms with van der Waals surface area (Å²) < 4.78 is 8.03. The fraction of sp³-hybridized carbons (Fsp3) is 0.129. The number of aromatic hydroxyl groups is 1. The Bertz CT molecular complexity index is 1250. The average molecular weight is 461 g/mol. The van der Waals surface area contributed by atoms with Crippen molar-refractivity contribution in [2.45, 2.75) is 18.4 Å². The minimum absolute atomic E-state index is 0.209. The predicted octanol–water partition coefficient (Wildman–Crippen LogP) is 6.44. The van der Waals surface area contributed by atoms with Gasteiger partial charge in [-0.3, -0.25) is 0 Å². The normalized spacial score (nSPS) is 11.3. The number of ether oxygens (including phenoxy) is 1. The van der Waals surface area contributed by atoms with E-state index in [2.05, 4.69) is 102 Å². The Morgan fingerprint density at radius 3 is 1.83 bits per heavy atom. The number of aryl methyl sites for hydroxylation is 1. The molecule has 0 spiro atoms. The van der Waals surface area contributed by atoms with Gasteiger partial charge in [0.05, 0.1) is 18.6 Å². The van der Waals surface area contributed by atoms with Gasteiger partial charge in [-0.15, -0.1) is 0 Å². The molecule has 4 heteroatoms. The first-order valence-electron chi connectivity index (χ1n) is 11.9. The molecule has 0 aliphatic heterocycles. The Labute approximate surface area is 206 Å². The number of phenols is 1. The van der Waals surface area contributed by atoms with Crippen molar-refractivity contribution < 1.29 is 9.84 Å². The molecule has 1 N–H and O–H groups in total. The van der Waals surface area contributed by atoms with E-state index < -0.39 is 5.54 Å². The molecule has 174 valence electrons. The molecular formula is C31H28N2O2. The molecule has 4 nitrogen and oxygen atoms in total. The van der Waals surface area contributed by atoms with Crippen LogP contribution in [0, 0.1) is 0 Å². The zero-order valence-electron chi connectivity index (χ0n) is 19.5. The maximum absolute atomic E-state index is 9.62. The molecule has 5 rings (SSSR count). The highest BCUT2D eigenvalue weighted by Crippen LogP contribution is 2.40. The summed E-state index contributed by atoms with van der Waals surface area (Å²) in [6, 6.07) is 38.7. The van der Waals surface area contributed by atoms with Crippen LogP contribution in [0.1, 0.15) is 28.8 Å². The molecule has 1 heterocycles. The maximum atomic E-state index is 9.62. The minimum atomic E-state index is -0.549. The molecule has 4 aromatic carbocycles. The van der Waals surface area contributed by atoms with Crippen LogP contribution < -0.4 is 4.74 Å². The Kier molecular flexibility index (Phi) is 6.62. The number of nitrogens with zero attached hydrogens (tertiary/aromatic N) is 2. The van der Waals surface area contributed by atoms with E-state index in [0.29, 0.717) is 12.4 Å². The SMILES string of the molecule is Oc1cccc(OCCCc2cn(C(c3ccccc3)(c3ccccc3)c3ccccc3)cn2)c1. The molecule has 0 saturated heterocycles. The summed E-state index contributed by atoms with van der Waals surface area (Å²) >= 11 is 0. The lowest BCUT2D eigenvalue weighted by atomic mass is 9.77. The Morgan fingerprint density at radius 2 is 1.29 bits per heavy atom. The first-order valence-corrected chi connectivity index (χ1v) is 11.9. The van der Waals surface area contributed by atoms with E-state index in [-0.39, 0.29) is 5.75 Å². The van der Waals surface area contributed by atoms with Gasteiger partial charge < -0.3 is 14.4 Å². The molecule has 5 aromatic rings. The van der Waals surface area contributed by atoms with Gasteiger partial charge in [0.2, 0.25) is 0 Å². The largest absolute Gasteiger partial charge is 0.508 e. The highest BCUT2D eigenvalue weighted by Gasteiger charge is 2.38. The standard InChI is InChI=1S/C31H28N2O2/c34-29-19-10-20-30(22-29)35-21-11-18-28-23-33(24-32-28)31(25-12-4-1-5-13-25,26-14-6-2-7-15-26)27-16-8-3-9-17-27/h1-10,12-17,19-20,22-24,34H,11,18,21H2. The molecule has 0 aliphatic carbocycles. The van der Waals surface area contributed by atoms with E-state index in [1.54, 1.807) is 18.2 Å². The molecule has 0 atom stereocenters. The van der Waals surface area contributed by atoms with Crippen molar-refractivity contribution in [1.82, 2.24) is 9.55 Å². The summed E-state index contributed by atoms with van der Waals surface area (Å²) in [5.74, 6) is 0.882. The summed E-state index contributed by atoms with van der Waals surface area (Å²) in [7, 11) is 0. The van der Waals surface area contributed by atoms with Crippen molar-refractivity contribution >= 4 is 0 Å². The molecule has 0 fully saturated rings. The molecule has 35 heavy (non-hydrogen) atoms. The van der Waals surface area contributed by atoms with Gasteiger partial charge in [0.1, 0.15) is 17.0 Å². The number of rotatable bonds is 9. The van der Waals surface area contributed by atoms with Crippen LogP contribution in [0.4, 0.5) is 0 Å². The van der Waals surface area contributed by atoms with E-state index in [9.17, 15) is 5.11 Å². The zero-order valence-corrected chi connectivity index (χ0v) is 19.5.